The standard InChI is InChI=1S/C20H30ClN7O/c1-25-11-13-26(14-12-25)8-2-7-22-19(29)16-5-9-27(10-6-16)20-24-23-18-4-3-17(21)15-28(18)20/h3-4,15-16H,2,5-14H2,1H3,(H,22,29). The number of carbonyl (C=O) groups is 1. The van der Waals surface area contributed by atoms with Crippen LogP contribution in [0, 0.1) is 5.92 Å². The van der Waals surface area contributed by atoms with Crippen LogP contribution in [0.25, 0.3) is 5.65 Å². The fraction of sp³-hybridized carbons (Fsp3) is 0.650. The molecule has 2 aromatic rings. The first-order valence-electron chi connectivity index (χ1n) is 10.5. The molecule has 0 radical (unpaired) electrons. The third-order valence-electron chi connectivity index (χ3n) is 6.04. The van der Waals surface area contributed by atoms with Crippen molar-refractivity contribution in [2.75, 3.05) is 64.3 Å². The van der Waals surface area contributed by atoms with Gasteiger partial charge >= 0.3 is 0 Å². The van der Waals surface area contributed by atoms with Crippen molar-refractivity contribution in [2.45, 2.75) is 19.3 Å². The zero-order valence-corrected chi connectivity index (χ0v) is 17.8. The molecule has 4 heterocycles. The summed E-state index contributed by atoms with van der Waals surface area (Å²) in [5.41, 5.74) is 0.782. The van der Waals surface area contributed by atoms with E-state index in [1.165, 1.54) is 0 Å². The summed E-state index contributed by atoms with van der Waals surface area (Å²) < 4.78 is 1.92. The van der Waals surface area contributed by atoms with Gasteiger partial charge in [-0.1, -0.05) is 11.6 Å². The van der Waals surface area contributed by atoms with Gasteiger partial charge in [-0.05, 0) is 45.0 Å². The lowest BCUT2D eigenvalue weighted by Crippen LogP contribution is -2.45. The summed E-state index contributed by atoms with van der Waals surface area (Å²) >= 11 is 6.11. The molecule has 0 spiro atoms. The highest BCUT2D eigenvalue weighted by atomic mass is 35.5. The number of likely N-dealkylation sites (N-methyl/N-ethyl adjacent to an activating group) is 1. The van der Waals surface area contributed by atoms with Crippen LogP contribution in [0.15, 0.2) is 18.3 Å². The number of nitrogens with zero attached hydrogens (tertiary/aromatic N) is 6. The van der Waals surface area contributed by atoms with Crippen molar-refractivity contribution in [3.05, 3.63) is 23.4 Å². The summed E-state index contributed by atoms with van der Waals surface area (Å²) in [5, 5.41) is 12.3. The molecule has 2 fully saturated rings. The van der Waals surface area contributed by atoms with Gasteiger partial charge in [0.25, 0.3) is 0 Å². The van der Waals surface area contributed by atoms with Crippen LogP contribution in [0.1, 0.15) is 19.3 Å². The third kappa shape index (κ3) is 4.99. The molecule has 9 heteroatoms. The van der Waals surface area contributed by atoms with Gasteiger partial charge in [0.2, 0.25) is 11.9 Å². The predicted molar refractivity (Wildman–Crippen MR) is 114 cm³/mol. The number of piperazine rings is 1. The summed E-state index contributed by atoms with van der Waals surface area (Å²) in [5.74, 6) is 1.07. The van der Waals surface area contributed by atoms with Crippen molar-refractivity contribution in [1.29, 1.82) is 0 Å². The van der Waals surface area contributed by atoms with E-state index in [4.69, 9.17) is 11.6 Å². The van der Waals surface area contributed by atoms with Crippen molar-refractivity contribution in [3.63, 3.8) is 0 Å². The van der Waals surface area contributed by atoms with E-state index in [1.807, 2.05) is 22.7 Å². The summed E-state index contributed by atoms with van der Waals surface area (Å²) in [4.78, 5) is 19.6. The highest BCUT2D eigenvalue weighted by Crippen LogP contribution is 2.23. The van der Waals surface area contributed by atoms with Gasteiger partial charge in [-0.25, -0.2) is 0 Å². The van der Waals surface area contributed by atoms with Crippen molar-refractivity contribution in [3.8, 4) is 0 Å². The van der Waals surface area contributed by atoms with Gasteiger partial charge < -0.3 is 20.0 Å². The smallest absolute Gasteiger partial charge is 0.231 e. The molecular weight excluding hydrogens is 390 g/mol. The molecule has 2 aromatic heterocycles. The number of piperidine rings is 1. The fourth-order valence-electron chi connectivity index (χ4n) is 4.14. The Morgan fingerprint density at radius 2 is 1.90 bits per heavy atom. The van der Waals surface area contributed by atoms with E-state index in [9.17, 15) is 4.79 Å². The maximum atomic E-state index is 12.5. The molecular formula is C20H30ClN7O. The lowest BCUT2D eigenvalue weighted by Gasteiger charge is -2.32. The highest BCUT2D eigenvalue weighted by Gasteiger charge is 2.27. The van der Waals surface area contributed by atoms with Gasteiger partial charge in [0.15, 0.2) is 5.65 Å². The lowest BCUT2D eigenvalue weighted by molar-refractivity contribution is -0.125. The van der Waals surface area contributed by atoms with Crippen LogP contribution in [0.2, 0.25) is 5.02 Å². The lowest BCUT2D eigenvalue weighted by atomic mass is 9.96. The van der Waals surface area contributed by atoms with Crippen molar-refractivity contribution in [1.82, 2.24) is 29.7 Å². The Balaban J connectivity index is 1.20. The number of amides is 1. The molecule has 2 saturated heterocycles. The van der Waals surface area contributed by atoms with E-state index < -0.39 is 0 Å². The number of anilines is 1. The summed E-state index contributed by atoms with van der Waals surface area (Å²) in [6.45, 7) is 7.96. The van der Waals surface area contributed by atoms with Gasteiger partial charge in [-0.15, -0.1) is 10.2 Å². The van der Waals surface area contributed by atoms with Crippen LogP contribution in [0.5, 0.6) is 0 Å². The van der Waals surface area contributed by atoms with E-state index in [2.05, 4.69) is 37.3 Å². The van der Waals surface area contributed by atoms with Gasteiger partial charge in [0, 0.05) is 57.9 Å². The van der Waals surface area contributed by atoms with Gasteiger partial charge in [-0.2, -0.15) is 0 Å². The number of rotatable bonds is 6. The largest absolute Gasteiger partial charge is 0.356 e. The normalized spacial score (nSPS) is 19.7. The monoisotopic (exact) mass is 419 g/mol. The summed E-state index contributed by atoms with van der Waals surface area (Å²) in [7, 11) is 2.17. The van der Waals surface area contributed by atoms with Crippen molar-refractivity contribution < 1.29 is 4.79 Å². The summed E-state index contributed by atoms with van der Waals surface area (Å²) in [6, 6.07) is 3.68. The molecule has 0 bridgehead atoms. The topological polar surface area (TPSA) is 69.0 Å². The SMILES string of the molecule is CN1CCN(CCCNC(=O)C2CCN(c3nnc4ccc(Cl)cn34)CC2)CC1. The van der Waals surface area contributed by atoms with Crippen molar-refractivity contribution >= 4 is 29.1 Å². The van der Waals surface area contributed by atoms with E-state index in [1.54, 1.807) is 0 Å². The first-order chi connectivity index (χ1) is 14.1. The molecule has 1 N–H and O–H groups in total. The molecule has 29 heavy (non-hydrogen) atoms. The Bertz CT molecular complexity index is 825. The average molecular weight is 420 g/mol. The second-order valence-corrected chi connectivity index (χ2v) is 8.56. The molecule has 0 aromatic carbocycles. The Hall–Kier alpha value is -1.90. The fourth-order valence-corrected chi connectivity index (χ4v) is 4.30. The number of fused-ring (bicyclic) bond motifs is 1. The second-order valence-electron chi connectivity index (χ2n) is 8.13. The van der Waals surface area contributed by atoms with E-state index in [0.29, 0.717) is 5.02 Å². The Kier molecular flexibility index (Phi) is 6.52. The quantitative estimate of drug-likeness (QED) is 0.713. The molecule has 0 atom stereocenters. The number of halogens is 1. The molecule has 2 aliphatic heterocycles. The van der Waals surface area contributed by atoms with Crippen molar-refractivity contribution in [2.24, 2.45) is 5.92 Å². The zero-order chi connectivity index (χ0) is 20.2. The zero-order valence-electron chi connectivity index (χ0n) is 17.1. The molecule has 1 amide bonds. The average Bonchev–Trinajstić information content (AvgIpc) is 3.15. The van der Waals surface area contributed by atoms with Crippen LogP contribution in [-0.4, -0.2) is 89.7 Å². The second kappa shape index (κ2) is 9.28. The van der Waals surface area contributed by atoms with Gasteiger partial charge in [0.1, 0.15) is 0 Å². The minimum atomic E-state index is 0.0812. The highest BCUT2D eigenvalue weighted by molar-refractivity contribution is 6.30. The number of nitrogens with one attached hydrogen (secondary N) is 1. The molecule has 0 saturated carbocycles. The van der Waals surface area contributed by atoms with Gasteiger partial charge in [0.05, 0.1) is 5.02 Å². The van der Waals surface area contributed by atoms with Crippen LogP contribution >= 0.6 is 11.6 Å². The first-order valence-corrected chi connectivity index (χ1v) is 10.9. The van der Waals surface area contributed by atoms with E-state index >= 15 is 0 Å². The minimum Gasteiger partial charge on any atom is -0.356 e. The van der Waals surface area contributed by atoms with Crippen LogP contribution in [0.3, 0.4) is 0 Å². The molecule has 0 aliphatic carbocycles. The third-order valence-corrected chi connectivity index (χ3v) is 6.27. The van der Waals surface area contributed by atoms with Crippen LogP contribution in [0.4, 0.5) is 5.95 Å². The molecule has 8 nitrogen and oxygen atoms in total. The van der Waals surface area contributed by atoms with Crippen LogP contribution < -0.4 is 10.2 Å². The Morgan fingerprint density at radius 3 is 2.66 bits per heavy atom. The molecule has 0 unspecified atom stereocenters. The number of hydrogen-bond acceptors (Lipinski definition) is 6. The number of aromatic nitrogens is 3. The molecule has 2 aliphatic rings. The molecule has 4 rings (SSSR count). The number of pyridine rings is 1. The Labute approximate surface area is 176 Å². The molecule has 158 valence electrons. The minimum absolute atomic E-state index is 0.0812. The maximum Gasteiger partial charge on any atom is 0.231 e. The van der Waals surface area contributed by atoms with Gasteiger partial charge in [-0.3, -0.25) is 9.20 Å². The first kappa shape index (κ1) is 20.4. The van der Waals surface area contributed by atoms with E-state index in [0.717, 1.165) is 83.2 Å². The predicted octanol–water partition coefficient (Wildman–Crippen LogP) is 1.35. The maximum absolute atomic E-state index is 12.5. The Morgan fingerprint density at radius 1 is 1.14 bits per heavy atom. The van der Waals surface area contributed by atoms with E-state index in [-0.39, 0.29) is 11.8 Å². The summed E-state index contributed by atoms with van der Waals surface area (Å²) in [6.07, 6.45) is 4.52. The number of hydrogen-bond donors (Lipinski definition) is 1. The van der Waals surface area contributed by atoms with Crippen LogP contribution in [-0.2, 0) is 4.79 Å². The number of carbonyl (C=O) groups excluding carboxylic acids is 1.